The zero-order chi connectivity index (χ0) is 19.1. The number of nitrogen functional groups attached to an aromatic ring is 1. The first-order valence-corrected chi connectivity index (χ1v) is 8.58. The van der Waals surface area contributed by atoms with Crippen LogP contribution in [0.5, 0.6) is 0 Å². The van der Waals surface area contributed by atoms with E-state index >= 15 is 0 Å². The van der Waals surface area contributed by atoms with Crippen LogP contribution in [-0.4, -0.2) is 48.5 Å². The third kappa shape index (κ3) is 3.23. The standard InChI is InChI=1S/C16H17ClN6O4/c17-7-1-3-8(4-2-7)19-16-20-12-13(21-15(18)22-14(12)26)23(16)11-5-9(25)10(6-24)27-11/h1-4,9-11,24-25H,5-6H2,(H,19,20)(H3,18,21,22,26). The highest BCUT2D eigenvalue weighted by Crippen LogP contribution is 2.34. The lowest BCUT2D eigenvalue weighted by atomic mass is 10.2. The van der Waals surface area contributed by atoms with Gasteiger partial charge in [-0.2, -0.15) is 4.98 Å². The SMILES string of the molecule is Nc1nc2c(nc(Nc3ccc(Cl)cc3)n2C2CC(O)C(CO)O2)c(=O)[nH]1. The molecule has 142 valence electrons. The number of aromatic amines is 1. The van der Waals surface area contributed by atoms with Gasteiger partial charge in [-0.1, -0.05) is 11.6 Å². The van der Waals surface area contributed by atoms with Crippen LogP contribution in [0, 0.1) is 0 Å². The second-order valence-corrected chi connectivity index (χ2v) is 6.61. The van der Waals surface area contributed by atoms with E-state index in [1.165, 1.54) is 0 Å². The normalized spacial score (nSPS) is 22.4. The number of nitrogens with one attached hydrogen (secondary N) is 2. The van der Waals surface area contributed by atoms with Crippen molar-refractivity contribution in [2.45, 2.75) is 24.9 Å². The van der Waals surface area contributed by atoms with Gasteiger partial charge in [0.05, 0.1) is 12.7 Å². The van der Waals surface area contributed by atoms with E-state index in [4.69, 9.17) is 22.1 Å². The molecular formula is C16H17ClN6O4. The first-order chi connectivity index (χ1) is 13.0. The van der Waals surface area contributed by atoms with Crippen molar-refractivity contribution < 1.29 is 14.9 Å². The van der Waals surface area contributed by atoms with Gasteiger partial charge in [-0.15, -0.1) is 0 Å². The van der Waals surface area contributed by atoms with E-state index in [1.54, 1.807) is 28.8 Å². The Labute approximate surface area is 157 Å². The number of H-pyrrole nitrogens is 1. The molecule has 27 heavy (non-hydrogen) atoms. The zero-order valence-corrected chi connectivity index (χ0v) is 14.7. The van der Waals surface area contributed by atoms with Crippen molar-refractivity contribution in [1.82, 2.24) is 19.5 Å². The predicted molar refractivity (Wildman–Crippen MR) is 98.9 cm³/mol. The molecular weight excluding hydrogens is 376 g/mol. The van der Waals surface area contributed by atoms with Crippen LogP contribution >= 0.6 is 11.6 Å². The van der Waals surface area contributed by atoms with Crippen molar-refractivity contribution >= 4 is 40.3 Å². The van der Waals surface area contributed by atoms with E-state index in [2.05, 4.69) is 20.3 Å². The number of fused-ring (bicyclic) bond motifs is 1. The second-order valence-electron chi connectivity index (χ2n) is 6.18. The average molecular weight is 393 g/mol. The number of nitrogens with two attached hydrogens (primary N) is 1. The van der Waals surface area contributed by atoms with Crippen LogP contribution in [-0.2, 0) is 4.74 Å². The zero-order valence-electron chi connectivity index (χ0n) is 14.0. The summed E-state index contributed by atoms with van der Waals surface area (Å²) in [6, 6.07) is 6.91. The van der Waals surface area contributed by atoms with Crippen LogP contribution in [0.3, 0.4) is 0 Å². The number of hydrogen-bond acceptors (Lipinski definition) is 8. The average Bonchev–Trinajstić information content (AvgIpc) is 3.17. The van der Waals surface area contributed by atoms with Crippen LogP contribution in [0.2, 0.25) is 5.02 Å². The lowest BCUT2D eigenvalue weighted by molar-refractivity contribution is -0.0425. The van der Waals surface area contributed by atoms with Crippen molar-refractivity contribution in [3.63, 3.8) is 0 Å². The molecule has 6 N–H and O–H groups in total. The molecule has 2 aromatic heterocycles. The van der Waals surface area contributed by atoms with Gasteiger partial charge in [0.2, 0.25) is 11.9 Å². The van der Waals surface area contributed by atoms with Crippen molar-refractivity contribution in [2.24, 2.45) is 0 Å². The summed E-state index contributed by atoms with van der Waals surface area (Å²) in [5.74, 6) is 0.218. The van der Waals surface area contributed by atoms with Crippen LogP contribution in [0.1, 0.15) is 12.6 Å². The molecule has 3 heterocycles. The summed E-state index contributed by atoms with van der Waals surface area (Å²) < 4.78 is 7.27. The van der Waals surface area contributed by atoms with Crippen molar-refractivity contribution in [3.05, 3.63) is 39.6 Å². The Bertz CT molecular complexity index is 1030. The first kappa shape index (κ1) is 17.7. The second kappa shape index (κ2) is 6.82. The molecule has 4 rings (SSSR count). The lowest BCUT2D eigenvalue weighted by Gasteiger charge is -2.17. The van der Waals surface area contributed by atoms with Gasteiger partial charge in [0.15, 0.2) is 11.2 Å². The topological polar surface area (TPSA) is 151 Å². The van der Waals surface area contributed by atoms with Gasteiger partial charge in [-0.3, -0.25) is 14.3 Å². The summed E-state index contributed by atoms with van der Waals surface area (Å²) in [5, 5.41) is 23.1. The molecule has 1 aliphatic heterocycles. The number of aromatic nitrogens is 4. The highest BCUT2D eigenvalue weighted by Gasteiger charge is 2.37. The molecule has 1 aliphatic rings. The minimum atomic E-state index is -0.861. The molecule has 0 spiro atoms. The van der Waals surface area contributed by atoms with Crippen molar-refractivity contribution in [1.29, 1.82) is 0 Å². The van der Waals surface area contributed by atoms with Gasteiger partial charge in [0, 0.05) is 17.1 Å². The number of aliphatic hydroxyl groups is 2. The number of rotatable bonds is 4. The minimum absolute atomic E-state index is 0.0658. The fourth-order valence-corrected chi connectivity index (χ4v) is 3.19. The molecule has 1 saturated heterocycles. The smallest absolute Gasteiger partial charge is 0.280 e. The summed E-state index contributed by atoms with van der Waals surface area (Å²) >= 11 is 5.91. The minimum Gasteiger partial charge on any atom is -0.394 e. The summed E-state index contributed by atoms with van der Waals surface area (Å²) in [7, 11) is 0. The van der Waals surface area contributed by atoms with E-state index < -0.39 is 24.0 Å². The summed E-state index contributed by atoms with van der Waals surface area (Å²) in [5.41, 5.74) is 6.15. The maximum absolute atomic E-state index is 12.2. The highest BCUT2D eigenvalue weighted by atomic mass is 35.5. The number of benzene rings is 1. The van der Waals surface area contributed by atoms with Crippen LogP contribution < -0.4 is 16.6 Å². The Hall–Kier alpha value is -2.66. The van der Waals surface area contributed by atoms with Gasteiger partial charge in [0.1, 0.15) is 12.3 Å². The van der Waals surface area contributed by atoms with Gasteiger partial charge in [-0.25, -0.2) is 4.98 Å². The molecule has 0 amide bonds. The van der Waals surface area contributed by atoms with E-state index in [9.17, 15) is 15.0 Å². The Morgan fingerprint density at radius 1 is 1.37 bits per heavy atom. The lowest BCUT2D eigenvalue weighted by Crippen LogP contribution is -2.24. The molecule has 0 aliphatic carbocycles. The molecule has 10 nitrogen and oxygen atoms in total. The number of nitrogens with zero attached hydrogens (tertiary/aromatic N) is 3. The van der Waals surface area contributed by atoms with Gasteiger partial charge in [0.25, 0.3) is 5.56 Å². The predicted octanol–water partition coefficient (Wildman–Crippen LogP) is 0.739. The summed E-state index contributed by atoms with van der Waals surface area (Å²) in [6.45, 7) is -0.333. The van der Waals surface area contributed by atoms with Crippen molar-refractivity contribution in [2.75, 3.05) is 17.7 Å². The van der Waals surface area contributed by atoms with E-state index in [0.29, 0.717) is 10.7 Å². The first-order valence-electron chi connectivity index (χ1n) is 8.21. The third-order valence-corrected chi connectivity index (χ3v) is 4.59. The Morgan fingerprint density at radius 3 is 2.78 bits per heavy atom. The molecule has 0 radical (unpaired) electrons. The fraction of sp³-hybridized carbons (Fsp3) is 0.312. The number of aliphatic hydroxyl groups excluding tert-OH is 2. The van der Waals surface area contributed by atoms with E-state index in [1.807, 2.05) is 0 Å². The molecule has 0 bridgehead atoms. The number of imidazole rings is 1. The molecule has 3 atom stereocenters. The largest absolute Gasteiger partial charge is 0.394 e. The van der Waals surface area contributed by atoms with E-state index in [-0.39, 0.29) is 36.1 Å². The third-order valence-electron chi connectivity index (χ3n) is 4.34. The number of anilines is 3. The van der Waals surface area contributed by atoms with E-state index in [0.717, 1.165) is 0 Å². The quantitative estimate of drug-likeness (QED) is 0.436. The van der Waals surface area contributed by atoms with Gasteiger partial charge < -0.3 is 26.0 Å². The maximum Gasteiger partial charge on any atom is 0.280 e. The Balaban J connectivity index is 1.83. The summed E-state index contributed by atoms with van der Waals surface area (Å²) in [6.07, 6.45) is -2.10. The molecule has 0 saturated carbocycles. The van der Waals surface area contributed by atoms with Gasteiger partial charge in [-0.05, 0) is 24.3 Å². The van der Waals surface area contributed by atoms with Crippen molar-refractivity contribution in [3.8, 4) is 0 Å². The molecule has 1 fully saturated rings. The number of halogens is 1. The molecule has 11 heteroatoms. The van der Waals surface area contributed by atoms with Crippen LogP contribution in [0.4, 0.5) is 17.6 Å². The monoisotopic (exact) mass is 392 g/mol. The van der Waals surface area contributed by atoms with Crippen LogP contribution in [0.25, 0.3) is 11.2 Å². The van der Waals surface area contributed by atoms with Crippen LogP contribution in [0.15, 0.2) is 29.1 Å². The number of ether oxygens (including phenoxy) is 1. The van der Waals surface area contributed by atoms with Gasteiger partial charge >= 0.3 is 0 Å². The molecule has 1 aromatic carbocycles. The Morgan fingerprint density at radius 2 is 2.11 bits per heavy atom. The Kier molecular flexibility index (Phi) is 4.48. The molecule has 3 aromatic rings. The summed E-state index contributed by atoms with van der Waals surface area (Å²) in [4.78, 5) is 23.1. The maximum atomic E-state index is 12.2. The fourth-order valence-electron chi connectivity index (χ4n) is 3.06. The number of hydrogen-bond donors (Lipinski definition) is 5. The highest BCUT2D eigenvalue weighted by molar-refractivity contribution is 6.30. The molecule has 3 unspecified atom stereocenters.